The van der Waals surface area contributed by atoms with E-state index in [4.69, 9.17) is 0 Å². The van der Waals surface area contributed by atoms with Gasteiger partial charge in [0.05, 0.1) is 0 Å². The fraction of sp³-hybridized carbons (Fsp3) is 0.895. The van der Waals surface area contributed by atoms with Gasteiger partial charge in [0.1, 0.15) is 0 Å². The van der Waals surface area contributed by atoms with Crippen molar-refractivity contribution >= 4 is 0 Å². The van der Waals surface area contributed by atoms with E-state index in [1.165, 1.54) is 51.4 Å². The maximum Gasteiger partial charge on any atom is -0.0194 e. The zero-order chi connectivity index (χ0) is 14.3. The average Bonchev–Trinajstić information content (AvgIpc) is 2.47. The van der Waals surface area contributed by atoms with E-state index in [0.29, 0.717) is 16.2 Å². The standard InChI is InChI=1S/C19H34/c1-17(2,3)19(18(4,5)6)13-11-15-9-7-8-10-16(15)12-14-19/h7-14H2,1-6H3. The van der Waals surface area contributed by atoms with E-state index >= 15 is 0 Å². The second-order valence-corrected chi connectivity index (χ2v) is 9.00. The fourth-order valence-electron chi connectivity index (χ4n) is 5.11. The lowest BCUT2D eigenvalue weighted by molar-refractivity contribution is -0.0456. The molecule has 0 fully saturated rings. The van der Waals surface area contributed by atoms with Gasteiger partial charge in [0.15, 0.2) is 0 Å². The van der Waals surface area contributed by atoms with E-state index < -0.39 is 0 Å². The molecule has 0 aromatic heterocycles. The molecule has 0 aromatic carbocycles. The van der Waals surface area contributed by atoms with Crippen LogP contribution in [0.3, 0.4) is 0 Å². The summed E-state index contributed by atoms with van der Waals surface area (Å²) in [6.07, 6.45) is 11.2. The zero-order valence-electron chi connectivity index (χ0n) is 14.2. The number of allylic oxidation sites excluding steroid dienone is 2. The molecular formula is C19H34. The molecule has 0 bridgehead atoms. The van der Waals surface area contributed by atoms with Crippen LogP contribution in [0.2, 0.25) is 0 Å². The van der Waals surface area contributed by atoms with Crippen molar-refractivity contribution in [3.8, 4) is 0 Å². The van der Waals surface area contributed by atoms with Gasteiger partial charge in [-0.25, -0.2) is 0 Å². The molecular weight excluding hydrogens is 228 g/mol. The van der Waals surface area contributed by atoms with Crippen molar-refractivity contribution < 1.29 is 0 Å². The highest BCUT2D eigenvalue weighted by Crippen LogP contribution is 2.60. The largest absolute Gasteiger partial charge is 0.0710 e. The molecule has 110 valence electrons. The van der Waals surface area contributed by atoms with E-state index in [2.05, 4.69) is 41.5 Å². The summed E-state index contributed by atoms with van der Waals surface area (Å²) < 4.78 is 0. The summed E-state index contributed by atoms with van der Waals surface area (Å²) in [5.41, 5.74) is 4.99. The summed E-state index contributed by atoms with van der Waals surface area (Å²) in [5.74, 6) is 0. The molecule has 0 unspecified atom stereocenters. The third-order valence-electron chi connectivity index (χ3n) is 6.29. The maximum atomic E-state index is 2.47. The SMILES string of the molecule is CC(C)(C)C1(C(C)(C)C)CCC2=C(CCCC2)CC1. The second-order valence-electron chi connectivity index (χ2n) is 9.00. The van der Waals surface area contributed by atoms with E-state index in [-0.39, 0.29) is 0 Å². The van der Waals surface area contributed by atoms with E-state index in [1.54, 1.807) is 0 Å². The number of rotatable bonds is 0. The predicted octanol–water partition coefficient (Wildman–Crippen LogP) is 6.51. The van der Waals surface area contributed by atoms with Crippen LogP contribution in [-0.2, 0) is 0 Å². The Hall–Kier alpha value is -0.260. The molecule has 19 heavy (non-hydrogen) atoms. The Morgan fingerprint density at radius 2 is 1.00 bits per heavy atom. The molecule has 0 amide bonds. The van der Waals surface area contributed by atoms with Crippen LogP contribution in [0.4, 0.5) is 0 Å². The van der Waals surface area contributed by atoms with Gasteiger partial charge >= 0.3 is 0 Å². The molecule has 2 rings (SSSR count). The highest BCUT2D eigenvalue weighted by molar-refractivity contribution is 5.21. The highest BCUT2D eigenvalue weighted by atomic mass is 14.5. The van der Waals surface area contributed by atoms with Crippen molar-refractivity contribution in [2.45, 2.75) is 92.9 Å². The Balaban J connectivity index is 2.30. The zero-order valence-corrected chi connectivity index (χ0v) is 14.2. The summed E-state index contributed by atoms with van der Waals surface area (Å²) in [5, 5.41) is 0. The van der Waals surface area contributed by atoms with E-state index in [1.807, 2.05) is 11.1 Å². The molecule has 0 aliphatic heterocycles. The summed E-state index contributed by atoms with van der Waals surface area (Å²) in [6, 6.07) is 0. The lowest BCUT2D eigenvalue weighted by Crippen LogP contribution is -2.46. The van der Waals surface area contributed by atoms with Gasteiger partial charge in [-0.05, 0) is 67.6 Å². The first-order valence-electron chi connectivity index (χ1n) is 8.37. The molecule has 0 aromatic rings. The van der Waals surface area contributed by atoms with Crippen LogP contribution in [0.1, 0.15) is 92.9 Å². The van der Waals surface area contributed by atoms with E-state index in [0.717, 1.165) is 0 Å². The summed E-state index contributed by atoms with van der Waals surface area (Å²) in [4.78, 5) is 0. The van der Waals surface area contributed by atoms with Crippen molar-refractivity contribution in [2.75, 3.05) is 0 Å². The Kier molecular flexibility index (Phi) is 3.93. The van der Waals surface area contributed by atoms with Gasteiger partial charge in [0.25, 0.3) is 0 Å². The fourth-order valence-corrected chi connectivity index (χ4v) is 5.11. The number of hydrogen-bond acceptors (Lipinski definition) is 0. The lowest BCUT2D eigenvalue weighted by Gasteiger charge is -2.54. The maximum absolute atomic E-state index is 2.47. The monoisotopic (exact) mass is 262 g/mol. The topological polar surface area (TPSA) is 0 Å². The van der Waals surface area contributed by atoms with E-state index in [9.17, 15) is 0 Å². The molecule has 0 atom stereocenters. The van der Waals surface area contributed by atoms with Crippen molar-refractivity contribution in [1.29, 1.82) is 0 Å². The van der Waals surface area contributed by atoms with Gasteiger partial charge in [0, 0.05) is 0 Å². The first-order chi connectivity index (χ1) is 8.67. The Labute approximate surface area is 121 Å². The van der Waals surface area contributed by atoms with Crippen LogP contribution in [0.15, 0.2) is 11.1 Å². The first-order valence-corrected chi connectivity index (χ1v) is 8.37. The minimum atomic E-state index is 0.403. The van der Waals surface area contributed by atoms with Crippen LogP contribution in [0.5, 0.6) is 0 Å². The van der Waals surface area contributed by atoms with Crippen molar-refractivity contribution in [1.82, 2.24) is 0 Å². The summed E-state index contributed by atoms with van der Waals surface area (Å²) in [6.45, 7) is 14.8. The van der Waals surface area contributed by atoms with Gasteiger partial charge in [-0.3, -0.25) is 0 Å². The third kappa shape index (κ3) is 2.65. The van der Waals surface area contributed by atoms with Crippen LogP contribution in [-0.4, -0.2) is 0 Å². The summed E-state index contributed by atoms with van der Waals surface area (Å²) >= 11 is 0. The molecule has 2 aliphatic carbocycles. The van der Waals surface area contributed by atoms with Gasteiger partial charge in [-0.15, -0.1) is 0 Å². The molecule has 0 saturated heterocycles. The predicted molar refractivity (Wildman–Crippen MR) is 85.3 cm³/mol. The molecule has 0 heterocycles. The van der Waals surface area contributed by atoms with Gasteiger partial charge in [0.2, 0.25) is 0 Å². The van der Waals surface area contributed by atoms with Gasteiger partial charge in [-0.1, -0.05) is 52.7 Å². The Morgan fingerprint density at radius 3 is 1.32 bits per heavy atom. The Bertz CT molecular complexity index is 320. The normalized spacial score (nSPS) is 24.9. The van der Waals surface area contributed by atoms with Crippen LogP contribution < -0.4 is 0 Å². The van der Waals surface area contributed by atoms with Crippen LogP contribution in [0, 0.1) is 16.2 Å². The van der Waals surface area contributed by atoms with Crippen molar-refractivity contribution in [3.05, 3.63) is 11.1 Å². The number of hydrogen-bond donors (Lipinski definition) is 0. The minimum Gasteiger partial charge on any atom is -0.0710 e. The average molecular weight is 262 g/mol. The smallest absolute Gasteiger partial charge is 0.0194 e. The summed E-state index contributed by atoms with van der Waals surface area (Å²) in [7, 11) is 0. The first kappa shape index (κ1) is 15.1. The molecule has 0 N–H and O–H groups in total. The molecule has 0 saturated carbocycles. The molecule has 0 heteroatoms. The highest BCUT2D eigenvalue weighted by Gasteiger charge is 2.50. The van der Waals surface area contributed by atoms with Crippen molar-refractivity contribution in [2.24, 2.45) is 16.2 Å². The molecule has 0 nitrogen and oxygen atoms in total. The van der Waals surface area contributed by atoms with Crippen LogP contribution in [0.25, 0.3) is 0 Å². The molecule has 0 radical (unpaired) electrons. The minimum absolute atomic E-state index is 0.403. The van der Waals surface area contributed by atoms with Crippen LogP contribution >= 0.6 is 0 Å². The third-order valence-corrected chi connectivity index (χ3v) is 6.29. The lowest BCUT2D eigenvalue weighted by atomic mass is 9.51. The molecule has 2 aliphatic rings. The quantitative estimate of drug-likeness (QED) is 0.436. The Morgan fingerprint density at radius 1 is 0.632 bits per heavy atom. The molecule has 0 spiro atoms. The van der Waals surface area contributed by atoms with Gasteiger partial charge in [-0.2, -0.15) is 0 Å². The van der Waals surface area contributed by atoms with Gasteiger partial charge < -0.3 is 0 Å². The second kappa shape index (κ2) is 4.93. The van der Waals surface area contributed by atoms with Crippen molar-refractivity contribution in [3.63, 3.8) is 0 Å².